The molecule has 1 aromatic heterocycles. The van der Waals surface area contributed by atoms with Crippen LogP contribution in [0.2, 0.25) is 0 Å². The van der Waals surface area contributed by atoms with Gasteiger partial charge in [0.15, 0.2) is 0 Å². The molecule has 18 heavy (non-hydrogen) atoms. The van der Waals surface area contributed by atoms with E-state index in [4.69, 9.17) is 9.52 Å². The van der Waals surface area contributed by atoms with E-state index in [0.717, 1.165) is 18.2 Å². The summed E-state index contributed by atoms with van der Waals surface area (Å²) in [5.41, 5.74) is 0. The van der Waals surface area contributed by atoms with Crippen LogP contribution in [0.25, 0.3) is 0 Å². The third-order valence-corrected chi connectivity index (χ3v) is 3.89. The minimum absolute atomic E-state index is 0.00141. The molecule has 1 saturated heterocycles. The normalized spacial score (nSPS) is 22.0. The van der Waals surface area contributed by atoms with Gasteiger partial charge in [-0.25, -0.2) is 0 Å². The van der Waals surface area contributed by atoms with Crippen molar-refractivity contribution in [2.75, 3.05) is 13.1 Å². The largest absolute Gasteiger partial charge is 0.462 e. The van der Waals surface area contributed by atoms with E-state index in [-0.39, 0.29) is 6.61 Å². The number of likely N-dealkylation sites (tertiary alicyclic amines) is 1. The summed E-state index contributed by atoms with van der Waals surface area (Å²) < 4.78 is 5.56. The van der Waals surface area contributed by atoms with Crippen LogP contribution in [0.4, 0.5) is 0 Å². The van der Waals surface area contributed by atoms with Crippen molar-refractivity contribution in [2.45, 2.75) is 52.2 Å². The smallest absolute Gasteiger partial charge is 0.129 e. The fraction of sp³-hybridized carbons (Fsp3) is 0.733. The van der Waals surface area contributed by atoms with Crippen LogP contribution >= 0.6 is 0 Å². The molecule has 0 saturated carbocycles. The lowest BCUT2D eigenvalue weighted by Gasteiger charge is -2.18. The first-order valence-corrected chi connectivity index (χ1v) is 7.22. The van der Waals surface area contributed by atoms with E-state index in [1.54, 1.807) is 0 Å². The Balaban J connectivity index is 1.82. The van der Waals surface area contributed by atoms with Crippen LogP contribution in [-0.2, 0) is 13.2 Å². The number of furan rings is 1. The molecule has 0 amide bonds. The Morgan fingerprint density at radius 3 is 2.83 bits per heavy atom. The molecule has 0 bridgehead atoms. The molecule has 1 fully saturated rings. The third-order valence-electron chi connectivity index (χ3n) is 3.89. The molecule has 102 valence electrons. The molecule has 1 aromatic rings. The van der Waals surface area contributed by atoms with Crippen molar-refractivity contribution in [1.29, 1.82) is 0 Å². The van der Waals surface area contributed by atoms with Crippen molar-refractivity contribution in [1.82, 2.24) is 4.90 Å². The number of hydrogen-bond donors (Lipinski definition) is 1. The van der Waals surface area contributed by atoms with Crippen LogP contribution in [0.1, 0.15) is 50.5 Å². The first-order chi connectivity index (χ1) is 8.81. The summed E-state index contributed by atoms with van der Waals surface area (Å²) in [4.78, 5) is 2.48. The van der Waals surface area contributed by atoms with Gasteiger partial charge in [0.25, 0.3) is 0 Å². The minimum atomic E-state index is -0.00141. The molecule has 0 radical (unpaired) electrons. The van der Waals surface area contributed by atoms with E-state index < -0.39 is 0 Å². The first-order valence-electron chi connectivity index (χ1n) is 7.22. The Morgan fingerprint density at radius 2 is 2.11 bits per heavy atom. The van der Waals surface area contributed by atoms with Crippen molar-refractivity contribution in [3.8, 4) is 0 Å². The lowest BCUT2D eigenvalue weighted by atomic mass is 9.96. The van der Waals surface area contributed by atoms with Crippen LogP contribution in [0.5, 0.6) is 0 Å². The zero-order valence-corrected chi connectivity index (χ0v) is 11.4. The summed E-state index contributed by atoms with van der Waals surface area (Å²) in [6.07, 6.45) is 6.69. The zero-order chi connectivity index (χ0) is 12.8. The fourth-order valence-corrected chi connectivity index (χ4v) is 2.89. The van der Waals surface area contributed by atoms with E-state index in [1.807, 2.05) is 12.1 Å². The SMILES string of the molecule is CCCC1CCCN(Cc2ccc(CO)o2)CC1. The summed E-state index contributed by atoms with van der Waals surface area (Å²) in [5, 5.41) is 8.99. The summed E-state index contributed by atoms with van der Waals surface area (Å²) in [7, 11) is 0. The topological polar surface area (TPSA) is 36.6 Å². The van der Waals surface area contributed by atoms with Crippen molar-refractivity contribution in [3.05, 3.63) is 23.7 Å². The van der Waals surface area contributed by atoms with Gasteiger partial charge in [0, 0.05) is 0 Å². The standard InChI is InChI=1S/C15H25NO2/c1-2-4-13-5-3-9-16(10-8-13)11-14-6-7-15(12-17)18-14/h6-7,13,17H,2-5,8-12H2,1H3. The Hall–Kier alpha value is -0.800. The van der Waals surface area contributed by atoms with E-state index in [0.29, 0.717) is 5.76 Å². The molecule has 1 aliphatic heterocycles. The zero-order valence-electron chi connectivity index (χ0n) is 11.4. The first kappa shape index (κ1) is 13.6. The third kappa shape index (κ3) is 3.85. The summed E-state index contributed by atoms with van der Waals surface area (Å²) in [6.45, 7) is 5.52. The monoisotopic (exact) mass is 251 g/mol. The second-order valence-corrected chi connectivity index (χ2v) is 5.39. The van der Waals surface area contributed by atoms with Crippen molar-refractivity contribution in [2.24, 2.45) is 5.92 Å². The molecular weight excluding hydrogens is 226 g/mol. The van der Waals surface area contributed by atoms with Gasteiger partial charge in [0.2, 0.25) is 0 Å². The molecule has 0 spiro atoms. The van der Waals surface area contributed by atoms with E-state index in [9.17, 15) is 0 Å². The average molecular weight is 251 g/mol. The molecule has 0 aromatic carbocycles. The summed E-state index contributed by atoms with van der Waals surface area (Å²) in [5.74, 6) is 2.57. The molecular formula is C15H25NO2. The van der Waals surface area contributed by atoms with Gasteiger partial charge in [0.05, 0.1) is 6.54 Å². The van der Waals surface area contributed by atoms with E-state index >= 15 is 0 Å². The second kappa shape index (κ2) is 6.95. The summed E-state index contributed by atoms with van der Waals surface area (Å²) >= 11 is 0. The van der Waals surface area contributed by atoms with Crippen LogP contribution in [-0.4, -0.2) is 23.1 Å². The predicted molar refractivity (Wildman–Crippen MR) is 72.2 cm³/mol. The maximum atomic E-state index is 8.99. The molecule has 1 aliphatic rings. The Morgan fingerprint density at radius 1 is 1.28 bits per heavy atom. The number of rotatable bonds is 5. The Labute approximate surface area is 110 Å². The fourth-order valence-electron chi connectivity index (χ4n) is 2.89. The van der Waals surface area contributed by atoms with Crippen molar-refractivity contribution >= 4 is 0 Å². The van der Waals surface area contributed by atoms with Gasteiger partial charge in [-0.2, -0.15) is 0 Å². The predicted octanol–water partition coefficient (Wildman–Crippen LogP) is 3.17. The average Bonchev–Trinajstić information content (AvgIpc) is 2.71. The number of aliphatic hydroxyl groups excluding tert-OH is 1. The Bertz CT molecular complexity index is 348. The van der Waals surface area contributed by atoms with Crippen LogP contribution in [0.15, 0.2) is 16.5 Å². The quantitative estimate of drug-likeness (QED) is 0.873. The summed E-state index contributed by atoms with van der Waals surface area (Å²) in [6, 6.07) is 3.85. The molecule has 3 heteroatoms. The van der Waals surface area contributed by atoms with Crippen molar-refractivity contribution in [3.63, 3.8) is 0 Å². The van der Waals surface area contributed by atoms with Crippen LogP contribution < -0.4 is 0 Å². The molecule has 3 nitrogen and oxygen atoms in total. The second-order valence-electron chi connectivity index (χ2n) is 5.39. The van der Waals surface area contributed by atoms with Gasteiger partial charge in [-0.3, -0.25) is 4.90 Å². The Kier molecular flexibility index (Phi) is 5.26. The highest BCUT2D eigenvalue weighted by Crippen LogP contribution is 2.23. The van der Waals surface area contributed by atoms with Gasteiger partial charge in [-0.1, -0.05) is 19.8 Å². The lowest BCUT2D eigenvalue weighted by molar-refractivity contribution is 0.221. The highest BCUT2D eigenvalue weighted by molar-refractivity contribution is 5.06. The van der Waals surface area contributed by atoms with Crippen LogP contribution in [0, 0.1) is 5.92 Å². The molecule has 1 atom stereocenters. The molecule has 1 unspecified atom stereocenters. The maximum absolute atomic E-state index is 8.99. The van der Waals surface area contributed by atoms with Gasteiger partial charge >= 0.3 is 0 Å². The number of nitrogens with zero attached hydrogens (tertiary/aromatic N) is 1. The minimum Gasteiger partial charge on any atom is -0.462 e. The van der Waals surface area contributed by atoms with E-state index in [1.165, 1.54) is 45.2 Å². The molecule has 2 heterocycles. The van der Waals surface area contributed by atoms with Crippen LogP contribution in [0.3, 0.4) is 0 Å². The molecule has 2 rings (SSSR count). The molecule has 0 aliphatic carbocycles. The lowest BCUT2D eigenvalue weighted by Crippen LogP contribution is -2.24. The van der Waals surface area contributed by atoms with E-state index in [2.05, 4.69) is 11.8 Å². The number of aliphatic hydroxyl groups is 1. The van der Waals surface area contributed by atoms with Gasteiger partial charge in [0.1, 0.15) is 18.1 Å². The number of hydrogen-bond acceptors (Lipinski definition) is 3. The van der Waals surface area contributed by atoms with Gasteiger partial charge < -0.3 is 9.52 Å². The highest BCUT2D eigenvalue weighted by Gasteiger charge is 2.17. The van der Waals surface area contributed by atoms with Gasteiger partial charge in [-0.15, -0.1) is 0 Å². The molecule has 1 N–H and O–H groups in total. The highest BCUT2D eigenvalue weighted by atomic mass is 16.4. The van der Waals surface area contributed by atoms with Gasteiger partial charge in [-0.05, 0) is 50.4 Å². The van der Waals surface area contributed by atoms with Crippen molar-refractivity contribution < 1.29 is 9.52 Å². The maximum Gasteiger partial charge on any atom is 0.129 e.